The van der Waals surface area contributed by atoms with Crippen LogP contribution in [0.3, 0.4) is 0 Å². The van der Waals surface area contributed by atoms with Crippen LogP contribution in [0.2, 0.25) is 0 Å². The Hall–Kier alpha value is -5.54. The first-order chi connectivity index (χ1) is 21.9. The van der Waals surface area contributed by atoms with Crippen molar-refractivity contribution in [1.29, 1.82) is 0 Å². The Morgan fingerprint density at radius 3 is 2.24 bits per heavy atom. The van der Waals surface area contributed by atoms with Gasteiger partial charge >= 0.3 is 0 Å². The summed E-state index contributed by atoms with van der Waals surface area (Å²) in [6.45, 7) is 0. The van der Waals surface area contributed by atoms with Crippen LogP contribution in [0.4, 0.5) is 11.4 Å². The number of carbonyl (C=O) groups is 3. The molecule has 0 aliphatic carbocycles. The van der Waals surface area contributed by atoms with Gasteiger partial charge in [0.1, 0.15) is 17.2 Å². The molecule has 0 saturated heterocycles. The first kappa shape index (κ1) is 30.9. The second kappa shape index (κ2) is 14.8. The molecule has 45 heavy (non-hydrogen) atoms. The molecule has 5 aromatic rings. The average Bonchev–Trinajstić information content (AvgIpc) is 3.07. The number of thioether (sulfide) groups is 1. The molecule has 0 fully saturated rings. The molecule has 0 atom stereocenters. The zero-order chi connectivity index (χ0) is 31.6. The van der Waals surface area contributed by atoms with Gasteiger partial charge in [-0.3, -0.25) is 14.4 Å². The predicted octanol–water partition coefficient (Wildman–Crippen LogP) is 7.00. The monoisotopic (exact) mass is 617 g/mol. The Labute approximate surface area is 265 Å². The Morgan fingerprint density at radius 1 is 0.711 bits per heavy atom. The zero-order valence-corrected chi connectivity index (χ0v) is 25.5. The molecule has 3 N–H and O–H groups in total. The van der Waals surface area contributed by atoms with E-state index in [4.69, 9.17) is 9.47 Å². The van der Waals surface area contributed by atoms with E-state index in [9.17, 15) is 14.4 Å². The smallest absolute Gasteiger partial charge is 0.272 e. The summed E-state index contributed by atoms with van der Waals surface area (Å²) in [5.41, 5.74) is 2.16. The lowest BCUT2D eigenvalue weighted by Gasteiger charge is -2.14. The Morgan fingerprint density at radius 2 is 1.47 bits per heavy atom. The summed E-state index contributed by atoms with van der Waals surface area (Å²) in [5.74, 6) is 0.103. The van der Waals surface area contributed by atoms with Crippen LogP contribution in [0.15, 0.2) is 126 Å². The summed E-state index contributed by atoms with van der Waals surface area (Å²) in [7, 11) is 3.06. The van der Waals surface area contributed by atoms with E-state index in [0.29, 0.717) is 28.3 Å². The normalized spacial score (nSPS) is 11.0. The van der Waals surface area contributed by atoms with Crippen molar-refractivity contribution in [2.45, 2.75) is 4.90 Å². The maximum absolute atomic E-state index is 13.6. The molecule has 0 spiro atoms. The number of methoxy groups -OCH3 is 2. The number of ether oxygens (including phenoxy) is 2. The molecular formula is C36H31N3O5S. The molecule has 9 heteroatoms. The van der Waals surface area contributed by atoms with E-state index in [1.54, 1.807) is 66.7 Å². The lowest BCUT2D eigenvalue weighted by Crippen LogP contribution is -2.30. The van der Waals surface area contributed by atoms with Gasteiger partial charge in [0, 0.05) is 27.4 Å². The maximum atomic E-state index is 13.6. The Kier molecular flexibility index (Phi) is 10.1. The standard InChI is InChI=1S/C36H31N3O5S/c1-43-30-17-18-33(44-2)27(20-30)21-32(39-35(41)25-10-4-3-5-11-25)36(42)38-28-13-8-14-31(22-28)45-23-34(40)37-29-16-15-24-9-6-7-12-26(24)19-29/h3-22H,23H2,1-2H3,(H,37,40)(H,38,42)(H,39,41)/b32-21+. The van der Waals surface area contributed by atoms with Crippen molar-refractivity contribution in [3.05, 3.63) is 132 Å². The highest BCUT2D eigenvalue weighted by Crippen LogP contribution is 2.27. The summed E-state index contributed by atoms with van der Waals surface area (Å²) in [5, 5.41) is 10.7. The maximum Gasteiger partial charge on any atom is 0.272 e. The highest BCUT2D eigenvalue weighted by atomic mass is 32.2. The van der Waals surface area contributed by atoms with Gasteiger partial charge in [-0.15, -0.1) is 11.8 Å². The molecule has 3 amide bonds. The van der Waals surface area contributed by atoms with Gasteiger partial charge in [-0.05, 0) is 77.5 Å². The number of hydrogen-bond donors (Lipinski definition) is 3. The van der Waals surface area contributed by atoms with Crippen molar-refractivity contribution >= 4 is 57.7 Å². The van der Waals surface area contributed by atoms with Gasteiger partial charge in [0.25, 0.3) is 11.8 Å². The van der Waals surface area contributed by atoms with Gasteiger partial charge in [-0.25, -0.2) is 0 Å². The minimum Gasteiger partial charge on any atom is -0.497 e. The molecule has 5 rings (SSSR count). The quantitative estimate of drug-likeness (QED) is 0.109. The number of amides is 3. The Bertz CT molecular complexity index is 1870. The molecule has 0 saturated carbocycles. The van der Waals surface area contributed by atoms with E-state index in [0.717, 1.165) is 21.4 Å². The van der Waals surface area contributed by atoms with Crippen LogP contribution >= 0.6 is 11.8 Å². The third kappa shape index (κ3) is 8.31. The van der Waals surface area contributed by atoms with Crippen molar-refractivity contribution in [3.63, 3.8) is 0 Å². The molecular weight excluding hydrogens is 586 g/mol. The van der Waals surface area contributed by atoms with Gasteiger partial charge in [-0.1, -0.05) is 54.6 Å². The van der Waals surface area contributed by atoms with Crippen LogP contribution < -0.4 is 25.4 Å². The predicted molar refractivity (Wildman–Crippen MR) is 180 cm³/mol. The van der Waals surface area contributed by atoms with Gasteiger partial charge in [0.2, 0.25) is 5.91 Å². The summed E-state index contributed by atoms with van der Waals surface area (Å²) in [6.07, 6.45) is 1.53. The molecule has 0 heterocycles. The molecule has 8 nitrogen and oxygen atoms in total. The number of rotatable bonds is 11. The number of nitrogens with one attached hydrogen (secondary N) is 3. The van der Waals surface area contributed by atoms with Crippen LogP contribution in [-0.2, 0) is 9.59 Å². The average molecular weight is 618 g/mol. The second-order valence-electron chi connectivity index (χ2n) is 9.87. The molecule has 0 aromatic heterocycles. The summed E-state index contributed by atoms with van der Waals surface area (Å²) >= 11 is 1.34. The molecule has 0 radical (unpaired) electrons. The zero-order valence-electron chi connectivity index (χ0n) is 24.7. The minimum absolute atomic E-state index is 0.00299. The van der Waals surface area contributed by atoms with Gasteiger partial charge in [0.05, 0.1) is 20.0 Å². The van der Waals surface area contributed by atoms with Crippen molar-refractivity contribution < 1.29 is 23.9 Å². The fraction of sp³-hybridized carbons (Fsp3) is 0.0833. The highest BCUT2D eigenvalue weighted by Gasteiger charge is 2.17. The minimum atomic E-state index is -0.541. The van der Waals surface area contributed by atoms with Gasteiger partial charge < -0.3 is 25.4 Å². The number of anilines is 2. The fourth-order valence-electron chi connectivity index (χ4n) is 4.53. The van der Waals surface area contributed by atoms with Crippen molar-refractivity contribution in [2.24, 2.45) is 0 Å². The topological polar surface area (TPSA) is 106 Å². The molecule has 0 unspecified atom stereocenters. The van der Waals surface area contributed by atoms with E-state index in [1.165, 1.54) is 32.1 Å². The van der Waals surface area contributed by atoms with Crippen LogP contribution in [0.5, 0.6) is 11.5 Å². The van der Waals surface area contributed by atoms with Crippen LogP contribution in [0.1, 0.15) is 15.9 Å². The van der Waals surface area contributed by atoms with Crippen LogP contribution in [0.25, 0.3) is 16.8 Å². The summed E-state index contributed by atoms with van der Waals surface area (Å²) < 4.78 is 10.8. The summed E-state index contributed by atoms with van der Waals surface area (Å²) in [4.78, 5) is 40.1. The van der Waals surface area contributed by atoms with E-state index >= 15 is 0 Å². The number of fused-ring (bicyclic) bond motifs is 1. The first-order valence-corrected chi connectivity index (χ1v) is 15.0. The Balaban J connectivity index is 1.30. The molecule has 5 aromatic carbocycles. The van der Waals surface area contributed by atoms with Gasteiger partial charge in [-0.2, -0.15) is 0 Å². The van der Waals surface area contributed by atoms with Crippen LogP contribution in [0, 0.1) is 0 Å². The van der Waals surface area contributed by atoms with Crippen molar-refractivity contribution in [2.75, 3.05) is 30.6 Å². The number of hydrogen-bond acceptors (Lipinski definition) is 6. The van der Waals surface area contributed by atoms with Crippen LogP contribution in [-0.4, -0.2) is 37.7 Å². The second-order valence-corrected chi connectivity index (χ2v) is 10.9. The summed E-state index contributed by atoms with van der Waals surface area (Å²) in [6, 6.07) is 34.7. The molecule has 0 aliphatic heterocycles. The SMILES string of the molecule is COc1ccc(OC)c(/C=C(/NC(=O)c2ccccc2)C(=O)Nc2cccc(SCC(=O)Nc3ccc4ccccc4c3)c2)c1. The molecule has 226 valence electrons. The number of benzene rings is 5. The third-order valence-corrected chi connectivity index (χ3v) is 7.75. The first-order valence-electron chi connectivity index (χ1n) is 14.0. The van der Waals surface area contributed by atoms with Gasteiger partial charge in [0.15, 0.2) is 0 Å². The van der Waals surface area contributed by atoms with E-state index < -0.39 is 11.8 Å². The van der Waals surface area contributed by atoms with Crippen molar-refractivity contribution in [1.82, 2.24) is 5.32 Å². The van der Waals surface area contributed by atoms with Crippen molar-refractivity contribution in [3.8, 4) is 11.5 Å². The lowest BCUT2D eigenvalue weighted by atomic mass is 10.1. The molecule has 0 bridgehead atoms. The lowest BCUT2D eigenvalue weighted by molar-refractivity contribution is -0.114. The highest BCUT2D eigenvalue weighted by molar-refractivity contribution is 8.00. The molecule has 0 aliphatic rings. The van der Waals surface area contributed by atoms with E-state index in [-0.39, 0.29) is 17.4 Å². The number of carbonyl (C=O) groups excluding carboxylic acids is 3. The third-order valence-electron chi connectivity index (χ3n) is 6.76. The largest absolute Gasteiger partial charge is 0.497 e. The van der Waals surface area contributed by atoms with E-state index in [2.05, 4.69) is 16.0 Å². The van der Waals surface area contributed by atoms with E-state index in [1.807, 2.05) is 48.5 Å². The fourth-order valence-corrected chi connectivity index (χ4v) is 5.28.